The van der Waals surface area contributed by atoms with Crippen LogP contribution in [0.15, 0.2) is 0 Å². The van der Waals surface area contributed by atoms with Crippen molar-refractivity contribution >= 4 is 17.7 Å². The molecule has 4 rings (SSSR count). The Bertz CT molecular complexity index is 405. The molecule has 2 saturated heterocycles. The Kier molecular flexibility index (Phi) is 4.65. The Morgan fingerprint density at radius 2 is 2.00 bits per heavy atom. The highest BCUT2D eigenvalue weighted by Crippen LogP contribution is 2.46. The second kappa shape index (κ2) is 6.70. The molecule has 1 N–H and O–H groups in total. The van der Waals surface area contributed by atoms with Gasteiger partial charge >= 0.3 is 0 Å². The average Bonchev–Trinajstić information content (AvgIpc) is 3.19. The highest BCUT2D eigenvalue weighted by atomic mass is 32.2. The number of hydrogen-bond acceptors (Lipinski definition) is 4. The lowest BCUT2D eigenvalue weighted by atomic mass is 9.93. The summed E-state index contributed by atoms with van der Waals surface area (Å²) in [6.07, 6.45) is 6.54. The second-order valence-corrected chi connectivity index (χ2v) is 8.74. The lowest BCUT2D eigenvalue weighted by Gasteiger charge is -2.41. The van der Waals surface area contributed by atoms with E-state index in [0.29, 0.717) is 18.4 Å². The van der Waals surface area contributed by atoms with Gasteiger partial charge in [-0.1, -0.05) is 6.42 Å². The van der Waals surface area contributed by atoms with Crippen LogP contribution in [0.5, 0.6) is 0 Å². The molecule has 0 spiro atoms. The molecule has 0 aromatic rings. The van der Waals surface area contributed by atoms with E-state index in [0.717, 1.165) is 56.4 Å². The van der Waals surface area contributed by atoms with Gasteiger partial charge in [-0.2, -0.15) is 11.8 Å². The van der Waals surface area contributed by atoms with Crippen molar-refractivity contribution in [1.82, 2.24) is 15.1 Å². The molecule has 124 valence electrons. The third kappa shape index (κ3) is 3.17. The van der Waals surface area contributed by atoms with Crippen LogP contribution in [-0.2, 0) is 4.79 Å². The third-order valence-corrected chi connectivity index (χ3v) is 7.39. The number of carbonyl (C=O) groups excluding carboxylic acids is 1. The number of rotatable bonds is 3. The molecule has 2 saturated carbocycles. The summed E-state index contributed by atoms with van der Waals surface area (Å²) >= 11 is 1.97. The molecular formula is C17H29N3OS. The maximum atomic E-state index is 12.5. The summed E-state index contributed by atoms with van der Waals surface area (Å²) in [6, 6.07) is 1.24. The number of nitrogens with zero attached hydrogens (tertiary/aromatic N) is 2. The minimum atomic E-state index is 0.368. The first-order valence-electron chi connectivity index (χ1n) is 9.12. The first-order chi connectivity index (χ1) is 10.8. The van der Waals surface area contributed by atoms with E-state index in [9.17, 15) is 4.79 Å². The van der Waals surface area contributed by atoms with E-state index in [2.05, 4.69) is 15.1 Å². The number of hydrogen-bond donors (Lipinski definition) is 1. The molecule has 4 aliphatic rings. The molecule has 5 heteroatoms. The Hall–Kier alpha value is -0.260. The van der Waals surface area contributed by atoms with Gasteiger partial charge in [-0.3, -0.25) is 9.69 Å². The molecule has 22 heavy (non-hydrogen) atoms. The molecule has 2 heterocycles. The van der Waals surface area contributed by atoms with Gasteiger partial charge in [-0.05, 0) is 31.1 Å². The molecule has 2 bridgehead atoms. The molecule has 2 aliphatic heterocycles. The van der Waals surface area contributed by atoms with Crippen LogP contribution >= 0.6 is 11.8 Å². The van der Waals surface area contributed by atoms with Crippen molar-refractivity contribution in [3.05, 3.63) is 0 Å². The first-order valence-corrected chi connectivity index (χ1v) is 10.3. The quantitative estimate of drug-likeness (QED) is 0.852. The summed E-state index contributed by atoms with van der Waals surface area (Å²) in [5.41, 5.74) is 0. The van der Waals surface area contributed by atoms with E-state index < -0.39 is 0 Å². The van der Waals surface area contributed by atoms with E-state index in [4.69, 9.17) is 0 Å². The summed E-state index contributed by atoms with van der Waals surface area (Å²) in [4.78, 5) is 17.3. The summed E-state index contributed by atoms with van der Waals surface area (Å²) in [5.74, 6) is 4.64. The van der Waals surface area contributed by atoms with Crippen molar-refractivity contribution in [3.63, 3.8) is 0 Å². The lowest BCUT2D eigenvalue weighted by Crippen LogP contribution is -2.54. The number of fused-ring (bicyclic) bond motifs is 2. The van der Waals surface area contributed by atoms with Gasteiger partial charge in [-0.15, -0.1) is 0 Å². The molecule has 4 unspecified atom stereocenters. The fourth-order valence-corrected chi connectivity index (χ4v) is 6.00. The van der Waals surface area contributed by atoms with Crippen LogP contribution in [0.25, 0.3) is 0 Å². The van der Waals surface area contributed by atoms with Gasteiger partial charge in [0.15, 0.2) is 0 Å². The smallest absolute Gasteiger partial charge is 0.224 e. The van der Waals surface area contributed by atoms with Gasteiger partial charge in [0, 0.05) is 62.7 Å². The van der Waals surface area contributed by atoms with Crippen molar-refractivity contribution in [2.45, 2.75) is 44.2 Å². The third-order valence-electron chi connectivity index (χ3n) is 6.26. The minimum absolute atomic E-state index is 0.368. The van der Waals surface area contributed by atoms with Crippen molar-refractivity contribution < 1.29 is 4.79 Å². The van der Waals surface area contributed by atoms with Gasteiger partial charge in [0.1, 0.15) is 0 Å². The van der Waals surface area contributed by atoms with Crippen LogP contribution in [0.2, 0.25) is 0 Å². The first kappa shape index (κ1) is 15.3. The highest BCUT2D eigenvalue weighted by molar-refractivity contribution is 7.99. The van der Waals surface area contributed by atoms with Crippen LogP contribution < -0.4 is 5.32 Å². The topological polar surface area (TPSA) is 35.6 Å². The molecule has 4 fully saturated rings. The van der Waals surface area contributed by atoms with Crippen molar-refractivity contribution in [2.24, 2.45) is 11.8 Å². The molecule has 4 atom stereocenters. The fraction of sp³-hybridized carbons (Fsp3) is 0.941. The largest absolute Gasteiger partial charge is 0.340 e. The Labute approximate surface area is 138 Å². The van der Waals surface area contributed by atoms with Crippen molar-refractivity contribution in [3.8, 4) is 0 Å². The Morgan fingerprint density at radius 1 is 1.14 bits per heavy atom. The normalized spacial score (nSPS) is 39.4. The number of piperazine rings is 1. The SMILES string of the molecule is O=C(CC1CSCCN1)N1CCN(C2CC3CCC2C3)CC1. The maximum Gasteiger partial charge on any atom is 0.224 e. The zero-order valence-electron chi connectivity index (χ0n) is 13.5. The zero-order chi connectivity index (χ0) is 14.9. The van der Waals surface area contributed by atoms with E-state index >= 15 is 0 Å². The number of carbonyl (C=O) groups is 1. The van der Waals surface area contributed by atoms with Gasteiger partial charge in [-0.25, -0.2) is 0 Å². The highest BCUT2D eigenvalue weighted by Gasteiger charge is 2.42. The average molecular weight is 324 g/mol. The molecular weight excluding hydrogens is 294 g/mol. The standard InChI is InChI=1S/C17H29N3OS/c21-17(11-15-12-22-8-3-18-15)20-6-4-19(5-7-20)16-10-13-1-2-14(16)9-13/h13-16,18H,1-12H2. The van der Waals surface area contributed by atoms with Crippen LogP contribution in [0.4, 0.5) is 0 Å². The predicted octanol–water partition coefficient (Wildman–Crippen LogP) is 1.41. The minimum Gasteiger partial charge on any atom is -0.340 e. The molecule has 4 nitrogen and oxygen atoms in total. The van der Waals surface area contributed by atoms with Gasteiger partial charge in [0.25, 0.3) is 0 Å². The summed E-state index contributed by atoms with van der Waals surface area (Å²) in [5, 5.41) is 3.48. The van der Waals surface area contributed by atoms with E-state index in [1.165, 1.54) is 31.4 Å². The summed E-state index contributed by atoms with van der Waals surface area (Å²) < 4.78 is 0. The van der Waals surface area contributed by atoms with E-state index in [1.54, 1.807) is 0 Å². The van der Waals surface area contributed by atoms with Gasteiger partial charge < -0.3 is 10.2 Å². The van der Waals surface area contributed by atoms with Crippen molar-refractivity contribution in [1.29, 1.82) is 0 Å². The number of nitrogens with one attached hydrogen (secondary N) is 1. The second-order valence-electron chi connectivity index (χ2n) is 7.59. The summed E-state index contributed by atoms with van der Waals surface area (Å²) in [7, 11) is 0. The van der Waals surface area contributed by atoms with E-state index in [1.807, 2.05) is 11.8 Å². The molecule has 0 radical (unpaired) electrons. The summed E-state index contributed by atoms with van der Waals surface area (Å²) in [6.45, 7) is 5.17. The predicted molar refractivity (Wildman–Crippen MR) is 91.1 cm³/mol. The number of amides is 1. The van der Waals surface area contributed by atoms with Crippen LogP contribution in [-0.4, -0.2) is 72.0 Å². The van der Waals surface area contributed by atoms with Crippen LogP contribution in [0, 0.1) is 11.8 Å². The monoisotopic (exact) mass is 323 g/mol. The number of thioether (sulfide) groups is 1. The van der Waals surface area contributed by atoms with Gasteiger partial charge in [0.2, 0.25) is 5.91 Å². The molecule has 0 aromatic carbocycles. The van der Waals surface area contributed by atoms with E-state index in [-0.39, 0.29) is 0 Å². The van der Waals surface area contributed by atoms with Crippen LogP contribution in [0.1, 0.15) is 32.1 Å². The zero-order valence-corrected chi connectivity index (χ0v) is 14.3. The Balaban J connectivity index is 1.24. The molecule has 2 aliphatic carbocycles. The van der Waals surface area contributed by atoms with Crippen LogP contribution in [0.3, 0.4) is 0 Å². The van der Waals surface area contributed by atoms with Crippen molar-refractivity contribution in [2.75, 3.05) is 44.2 Å². The maximum absolute atomic E-state index is 12.5. The molecule has 0 aromatic heterocycles. The fourth-order valence-electron chi connectivity index (χ4n) is 5.05. The lowest BCUT2D eigenvalue weighted by molar-refractivity contribution is -0.133. The molecule has 1 amide bonds. The Morgan fingerprint density at radius 3 is 2.64 bits per heavy atom. The van der Waals surface area contributed by atoms with Gasteiger partial charge in [0.05, 0.1) is 0 Å².